The summed E-state index contributed by atoms with van der Waals surface area (Å²) in [5.74, 6) is 5.83. The van der Waals surface area contributed by atoms with Crippen LogP contribution in [0.1, 0.15) is 17.2 Å². The lowest BCUT2D eigenvalue weighted by Crippen LogP contribution is -2.29. The largest absolute Gasteiger partial charge is 0.271 e. The molecule has 0 spiro atoms. The lowest BCUT2D eigenvalue weighted by atomic mass is 9.97. The molecule has 3 rings (SSSR count). The predicted molar refractivity (Wildman–Crippen MR) is 92.8 cm³/mol. The Hall–Kier alpha value is -1.27. The fraction of sp³-hybridized carbons (Fsp3) is 0.0625. The molecule has 3 nitrogen and oxygen atoms in total. The van der Waals surface area contributed by atoms with Crippen molar-refractivity contribution in [2.75, 3.05) is 0 Å². The van der Waals surface area contributed by atoms with Crippen LogP contribution >= 0.6 is 31.9 Å². The molecule has 0 aliphatic heterocycles. The Labute approximate surface area is 139 Å². The van der Waals surface area contributed by atoms with Gasteiger partial charge in [0.05, 0.1) is 11.6 Å². The van der Waals surface area contributed by atoms with Crippen LogP contribution < -0.4 is 11.3 Å². The highest BCUT2D eigenvalue weighted by Crippen LogP contribution is 2.33. The van der Waals surface area contributed by atoms with E-state index in [2.05, 4.69) is 60.5 Å². The summed E-state index contributed by atoms with van der Waals surface area (Å²) < 4.78 is 2.01. The summed E-state index contributed by atoms with van der Waals surface area (Å²) in [6, 6.07) is 16.0. The first-order valence-electron chi connectivity index (χ1n) is 6.45. The zero-order valence-corrected chi connectivity index (χ0v) is 14.2. The molecular weight excluding hydrogens is 394 g/mol. The van der Waals surface area contributed by atoms with Crippen molar-refractivity contribution in [1.29, 1.82) is 0 Å². The normalized spacial score (nSPS) is 12.5. The third-order valence-electron chi connectivity index (χ3n) is 3.41. The van der Waals surface area contributed by atoms with Crippen LogP contribution in [0.2, 0.25) is 0 Å². The minimum absolute atomic E-state index is 0.143. The molecule has 3 aromatic rings. The summed E-state index contributed by atoms with van der Waals surface area (Å²) in [4.78, 5) is 4.51. The van der Waals surface area contributed by atoms with Gasteiger partial charge in [-0.05, 0) is 29.8 Å². The Balaban J connectivity index is 2.21. The number of aromatic nitrogens is 1. The maximum Gasteiger partial charge on any atom is 0.0753 e. The minimum Gasteiger partial charge on any atom is -0.271 e. The quantitative estimate of drug-likeness (QED) is 0.503. The molecule has 0 bridgehead atoms. The Morgan fingerprint density at radius 3 is 2.62 bits per heavy atom. The van der Waals surface area contributed by atoms with Gasteiger partial charge in [-0.1, -0.05) is 56.1 Å². The van der Waals surface area contributed by atoms with Gasteiger partial charge < -0.3 is 0 Å². The molecule has 2 aromatic carbocycles. The summed E-state index contributed by atoms with van der Waals surface area (Å²) in [5, 5.41) is 1.10. The summed E-state index contributed by atoms with van der Waals surface area (Å²) in [6.45, 7) is 0. The van der Waals surface area contributed by atoms with Crippen molar-refractivity contribution in [3.8, 4) is 0 Å². The highest BCUT2D eigenvalue weighted by molar-refractivity contribution is 9.11. The van der Waals surface area contributed by atoms with Gasteiger partial charge in [0.1, 0.15) is 0 Å². The van der Waals surface area contributed by atoms with E-state index in [4.69, 9.17) is 5.84 Å². The van der Waals surface area contributed by atoms with Gasteiger partial charge >= 0.3 is 0 Å². The number of benzene rings is 2. The number of fused-ring (bicyclic) bond motifs is 1. The minimum atomic E-state index is -0.143. The van der Waals surface area contributed by atoms with E-state index in [1.165, 1.54) is 0 Å². The molecule has 1 atom stereocenters. The number of nitrogens with two attached hydrogens (primary N) is 1. The Morgan fingerprint density at radius 1 is 1.00 bits per heavy atom. The number of pyridine rings is 1. The zero-order chi connectivity index (χ0) is 14.8. The molecule has 0 radical (unpaired) electrons. The number of hydrogen-bond acceptors (Lipinski definition) is 3. The van der Waals surface area contributed by atoms with Crippen LogP contribution in [0.5, 0.6) is 0 Å². The molecule has 5 heteroatoms. The summed E-state index contributed by atoms with van der Waals surface area (Å²) in [7, 11) is 0. The average molecular weight is 407 g/mol. The molecule has 0 amide bonds. The molecule has 1 heterocycles. The zero-order valence-electron chi connectivity index (χ0n) is 11.1. The standard InChI is InChI=1S/C16H13Br2N3/c17-11-6-7-14(18)13(9-11)16(21-19)12-5-1-3-10-4-2-8-20-15(10)12/h1-9,16,21H,19H2. The number of hydrazine groups is 1. The number of nitrogens with one attached hydrogen (secondary N) is 1. The Bertz CT molecular complexity index is 784. The second-order valence-electron chi connectivity index (χ2n) is 4.69. The first-order valence-corrected chi connectivity index (χ1v) is 8.04. The third kappa shape index (κ3) is 2.87. The van der Waals surface area contributed by atoms with Gasteiger partial charge in [-0.15, -0.1) is 0 Å². The first-order chi connectivity index (χ1) is 10.2. The van der Waals surface area contributed by atoms with Crippen molar-refractivity contribution in [3.05, 3.63) is 74.8 Å². The van der Waals surface area contributed by atoms with Crippen LogP contribution in [-0.2, 0) is 0 Å². The Morgan fingerprint density at radius 2 is 1.81 bits per heavy atom. The van der Waals surface area contributed by atoms with Gasteiger partial charge in [0.15, 0.2) is 0 Å². The number of para-hydroxylation sites is 1. The van der Waals surface area contributed by atoms with Crippen LogP contribution in [0.15, 0.2) is 63.7 Å². The predicted octanol–water partition coefficient (Wildman–Crippen LogP) is 4.31. The van der Waals surface area contributed by atoms with Crippen molar-refractivity contribution in [2.45, 2.75) is 6.04 Å². The van der Waals surface area contributed by atoms with E-state index in [1.54, 1.807) is 6.20 Å². The van der Waals surface area contributed by atoms with E-state index in [1.807, 2.05) is 30.3 Å². The topological polar surface area (TPSA) is 50.9 Å². The maximum atomic E-state index is 5.83. The number of halogens is 2. The van der Waals surface area contributed by atoms with Gasteiger partial charge in [-0.2, -0.15) is 0 Å². The van der Waals surface area contributed by atoms with Gasteiger partial charge in [-0.3, -0.25) is 10.8 Å². The van der Waals surface area contributed by atoms with E-state index < -0.39 is 0 Å². The molecule has 0 aliphatic rings. The fourth-order valence-electron chi connectivity index (χ4n) is 2.44. The van der Waals surface area contributed by atoms with E-state index in [0.717, 1.165) is 31.0 Å². The van der Waals surface area contributed by atoms with Gasteiger partial charge in [-0.25, -0.2) is 5.43 Å². The van der Waals surface area contributed by atoms with Gasteiger partial charge in [0.25, 0.3) is 0 Å². The lowest BCUT2D eigenvalue weighted by Gasteiger charge is -2.20. The van der Waals surface area contributed by atoms with Crippen LogP contribution in [0.25, 0.3) is 10.9 Å². The maximum absolute atomic E-state index is 5.83. The van der Waals surface area contributed by atoms with E-state index in [9.17, 15) is 0 Å². The number of rotatable bonds is 3. The number of hydrogen-bond donors (Lipinski definition) is 2. The summed E-state index contributed by atoms with van der Waals surface area (Å²) in [6.07, 6.45) is 1.80. The van der Waals surface area contributed by atoms with Crippen molar-refractivity contribution in [1.82, 2.24) is 10.4 Å². The SMILES string of the molecule is NNC(c1cc(Br)ccc1Br)c1cccc2cccnc12. The molecular formula is C16H13Br2N3. The van der Waals surface area contributed by atoms with Crippen molar-refractivity contribution in [3.63, 3.8) is 0 Å². The van der Waals surface area contributed by atoms with Gasteiger partial charge in [0, 0.05) is 26.1 Å². The molecule has 106 valence electrons. The van der Waals surface area contributed by atoms with Crippen LogP contribution in [0.4, 0.5) is 0 Å². The van der Waals surface area contributed by atoms with E-state index >= 15 is 0 Å². The van der Waals surface area contributed by atoms with Crippen LogP contribution in [0.3, 0.4) is 0 Å². The van der Waals surface area contributed by atoms with E-state index in [-0.39, 0.29) is 6.04 Å². The molecule has 21 heavy (non-hydrogen) atoms. The van der Waals surface area contributed by atoms with Gasteiger partial charge in [0.2, 0.25) is 0 Å². The molecule has 0 saturated heterocycles. The lowest BCUT2D eigenvalue weighted by molar-refractivity contribution is 0.637. The summed E-state index contributed by atoms with van der Waals surface area (Å²) >= 11 is 7.11. The van der Waals surface area contributed by atoms with Crippen LogP contribution in [-0.4, -0.2) is 4.98 Å². The smallest absolute Gasteiger partial charge is 0.0753 e. The Kier molecular flexibility index (Phi) is 4.35. The fourth-order valence-corrected chi connectivity index (χ4v) is 3.30. The molecule has 0 fully saturated rings. The monoisotopic (exact) mass is 405 g/mol. The molecule has 1 unspecified atom stereocenters. The highest BCUT2D eigenvalue weighted by Gasteiger charge is 2.18. The second kappa shape index (κ2) is 6.23. The molecule has 0 saturated carbocycles. The van der Waals surface area contributed by atoms with E-state index in [0.29, 0.717) is 0 Å². The third-order valence-corrected chi connectivity index (χ3v) is 4.63. The first kappa shape index (κ1) is 14.7. The highest BCUT2D eigenvalue weighted by atomic mass is 79.9. The second-order valence-corrected chi connectivity index (χ2v) is 6.46. The van der Waals surface area contributed by atoms with Crippen molar-refractivity contribution >= 4 is 42.8 Å². The molecule has 0 aliphatic carbocycles. The number of nitrogens with zero attached hydrogens (tertiary/aromatic N) is 1. The average Bonchev–Trinajstić information content (AvgIpc) is 2.51. The van der Waals surface area contributed by atoms with Crippen molar-refractivity contribution < 1.29 is 0 Å². The van der Waals surface area contributed by atoms with Crippen molar-refractivity contribution in [2.24, 2.45) is 5.84 Å². The summed E-state index contributed by atoms with van der Waals surface area (Å²) in [5.41, 5.74) is 5.97. The van der Waals surface area contributed by atoms with Crippen LogP contribution in [0, 0.1) is 0 Å². The molecule has 1 aromatic heterocycles. The molecule has 3 N–H and O–H groups in total.